The highest BCUT2D eigenvalue weighted by Crippen LogP contribution is 2.30. The Morgan fingerprint density at radius 1 is 0.838 bits per heavy atom. The standard InChI is InChI=1S/C28H21N3O6/c1-16-7-3-6-10-22(16)31-27(35)21(24(32)29-28(31)36)14-17-11-12-23(37-2)18(13-17)15-30-25(33)19-8-4-5-9-20(19)26(30)34/h3-14H,15H2,1-2H3,(H,29,32,36)/b21-14+. The van der Waals surface area contributed by atoms with Crippen molar-refractivity contribution in [3.63, 3.8) is 0 Å². The predicted molar refractivity (Wildman–Crippen MR) is 134 cm³/mol. The van der Waals surface area contributed by atoms with Gasteiger partial charge in [-0.15, -0.1) is 0 Å². The molecule has 0 unspecified atom stereocenters. The maximum absolute atomic E-state index is 13.3. The first-order valence-electron chi connectivity index (χ1n) is 11.4. The molecule has 9 heteroatoms. The molecule has 0 bridgehead atoms. The van der Waals surface area contributed by atoms with E-state index in [1.165, 1.54) is 13.2 Å². The molecule has 0 atom stereocenters. The van der Waals surface area contributed by atoms with Crippen LogP contribution in [0, 0.1) is 6.92 Å². The van der Waals surface area contributed by atoms with E-state index in [1.807, 2.05) is 0 Å². The molecule has 6 amide bonds. The number of carbonyl (C=O) groups excluding carboxylic acids is 5. The van der Waals surface area contributed by atoms with Gasteiger partial charge in [-0.1, -0.05) is 36.4 Å². The maximum Gasteiger partial charge on any atom is 0.335 e. The molecule has 1 N–H and O–H groups in total. The third kappa shape index (κ3) is 4.06. The molecule has 2 aliphatic heterocycles. The second kappa shape index (κ2) is 9.19. The molecular formula is C28H21N3O6. The molecule has 3 aromatic rings. The van der Waals surface area contributed by atoms with Crippen molar-refractivity contribution in [2.24, 2.45) is 0 Å². The molecule has 0 radical (unpaired) electrons. The Morgan fingerprint density at radius 2 is 1.49 bits per heavy atom. The number of hydrogen-bond acceptors (Lipinski definition) is 6. The highest BCUT2D eigenvalue weighted by atomic mass is 16.5. The van der Waals surface area contributed by atoms with E-state index >= 15 is 0 Å². The Bertz CT molecular complexity index is 1510. The Hall–Kier alpha value is -5.05. The Balaban J connectivity index is 1.49. The first-order valence-corrected chi connectivity index (χ1v) is 11.4. The van der Waals surface area contributed by atoms with Crippen molar-refractivity contribution >= 4 is 41.4 Å². The van der Waals surface area contributed by atoms with E-state index in [1.54, 1.807) is 73.7 Å². The minimum absolute atomic E-state index is 0.0690. The summed E-state index contributed by atoms with van der Waals surface area (Å²) in [6.45, 7) is 1.69. The molecule has 0 saturated carbocycles. The average Bonchev–Trinajstić information content (AvgIpc) is 3.12. The second-order valence-corrected chi connectivity index (χ2v) is 8.56. The van der Waals surface area contributed by atoms with Crippen LogP contribution in [0.2, 0.25) is 0 Å². The van der Waals surface area contributed by atoms with Crippen molar-refractivity contribution in [1.82, 2.24) is 10.2 Å². The van der Waals surface area contributed by atoms with Gasteiger partial charge in [0.2, 0.25) is 0 Å². The van der Waals surface area contributed by atoms with Crippen LogP contribution in [-0.2, 0) is 16.1 Å². The van der Waals surface area contributed by atoms with Crippen LogP contribution in [0.25, 0.3) is 6.08 Å². The van der Waals surface area contributed by atoms with Gasteiger partial charge in [0.25, 0.3) is 23.6 Å². The number of nitrogens with one attached hydrogen (secondary N) is 1. The second-order valence-electron chi connectivity index (χ2n) is 8.56. The highest BCUT2D eigenvalue weighted by molar-refractivity contribution is 6.39. The number of methoxy groups -OCH3 is 1. The number of barbiturate groups is 1. The van der Waals surface area contributed by atoms with Crippen LogP contribution in [0.4, 0.5) is 10.5 Å². The van der Waals surface area contributed by atoms with Crippen molar-refractivity contribution in [2.75, 3.05) is 12.0 Å². The zero-order valence-electron chi connectivity index (χ0n) is 20.0. The summed E-state index contributed by atoms with van der Waals surface area (Å²) in [7, 11) is 1.46. The number of amides is 6. The van der Waals surface area contributed by atoms with E-state index in [4.69, 9.17) is 4.74 Å². The van der Waals surface area contributed by atoms with Gasteiger partial charge in [0.1, 0.15) is 11.3 Å². The lowest BCUT2D eigenvalue weighted by atomic mass is 10.0. The molecule has 2 heterocycles. The Morgan fingerprint density at radius 3 is 2.14 bits per heavy atom. The lowest BCUT2D eigenvalue weighted by molar-refractivity contribution is -0.122. The van der Waals surface area contributed by atoms with Gasteiger partial charge in [0, 0.05) is 5.56 Å². The Kier molecular flexibility index (Phi) is 5.88. The van der Waals surface area contributed by atoms with Gasteiger partial charge in [-0.2, -0.15) is 0 Å². The van der Waals surface area contributed by atoms with E-state index in [0.717, 1.165) is 9.80 Å². The average molecular weight is 495 g/mol. The largest absolute Gasteiger partial charge is 0.496 e. The number of rotatable bonds is 5. The van der Waals surface area contributed by atoms with Crippen LogP contribution in [0.1, 0.15) is 37.4 Å². The molecule has 184 valence electrons. The summed E-state index contributed by atoms with van der Waals surface area (Å²) in [5.41, 5.74) is 2.42. The van der Waals surface area contributed by atoms with E-state index in [9.17, 15) is 24.0 Å². The SMILES string of the molecule is COc1ccc(/C=C2\C(=O)NC(=O)N(c3ccccc3C)C2=O)cc1CN1C(=O)c2ccccc2C1=O. The van der Waals surface area contributed by atoms with E-state index in [2.05, 4.69) is 5.32 Å². The molecule has 2 aliphatic rings. The van der Waals surface area contributed by atoms with Gasteiger partial charge in [-0.05, 0) is 54.5 Å². The zero-order valence-corrected chi connectivity index (χ0v) is 20.0. The smallest absolute Gasteiger partial charge is 0.335 e. The van der Waals surface area contributed by atoms with Gasteiger partial charge < -0.3 is 4.74 Å². The van der Waals surface area contributed by atoms with Crippen LogP contribution < -0.4 is 15.0 Å². The third-order valence-electron chi connectivity index (χ3n) is 6.28. The zero-order chi connectivity index (χ0) is 26.3. The number of nitrogens with zero attached hydrogens (tertiary/aromatic N) is 2. The summed E-state index contributed by atoms with van der Waals surface area (Å²) in [6, 6.07) is 17.5. The summed E-state index contributed by atoms with van der Waals surface area (Å²) in [4.78, 5) is 66.1. The van der Waals surface area contributed by atoms with E-state index < -0.39 is 29.7 Å². The predicted octanol–water partition coefficient (Wildman–Crippen LogP) is 3.47. The molecule has 1 fully saturated rings. The molecule has 1 saturated heterocycles. The van der Waals surface area contributed by atoms with Crippen LogP contribution in [0.3, 0.4) is 0 Å². The fourth-order valence-corrected chi connectivity index (χ4v) is 4.42. The number of urea groups is 1. The lowest BCUT2D eigenvalue weighted by Gasteiger charge is -2.27. The van der Waals surface area contributed by atoms with E-state index in [-0.39, 0.29) is 12.1 Å². The quantitative estimate of drug-likeness (QED) is 0.330. The number of carbonyl (C=O) groups is 5. The van der Waals surface area contributed by atoms with Crippen LogP contribution in [0.15, 0.2) is 72.3 Å². The topological polar surface area (TPSA) is 113 Å². The number of para-hydroxylation sites is 1. The van der Waals surface area contributed by atoms with Crippen molar-refractivity contribution in [3.05, 3.63) is 100 Å². The van der Waals surface area contributed by atoms with Gasteiger partial charge in [0.15, 0.2) is 0 Å². The molecule has 0 spiro atoms. The van der Waals surface area contributed by atoms with Crippen molar-refractivity contribution in [2.45, 2.75) is 13.5 Å². The lowest BCUT2D eigenvalue weighted by Crippen LogP contribution is -2.54. The number of aryl methyl sites for hydroxylation is 1. The third-order valence-corrected chi connectivity index (χ3v) is 6.28. The molecule has 5 rings (SSSR count). The maximum atomic E-state index is 13.3. The van der Waals surface area contributed by atoms with Crippen LogP contribution in [0.5, 0.6) is 5.75 Å². The summed E-state index contributed by atoms with van der Waals surface area (Å²) in [5, 5.41) is 2.21. The number of anilines is 1. The first kappa shape index (κ1) is 23.7. The van der Waals surface area contributed by atoms with Gasteiger partial charge in [0.05, 0.1) is 30.5 Å². The minimum Gasteiger partial charge on any atom is -0.496 e. The normalized spacial score (nSPS) is 16.4. The number of ether oxygens (including phenoxy) is 1. The number of imide groups is 3. The van der Waals surface area contributed by atoms with Crippen molar-refractivity contribution < 1.29 is 28.7 Å². The number of hydrogen-bond donors (Lipinski definition) is 1. The molecule has 0 aromatic heterocycles. The van der Waals surface area contributed by atoms with Gasteiger partial charge in [-0.3, -0.25) is 29.4 Å². The summed E-state index contributed by atoms with van der Waals surface area (Å²) < 4.78 is 5.42. The summed E-state index contributed by atoms with van der Waals surface area (Å²) in [5.74, 6) is -1.99. The molecular weight excluding hydrogens is 474 g/mol. The summed E-state index contributed by atoms with van der Waals surface area (Å²) in [6.07, 6.45) is 1.36. The molecule has 3 aromatic carbocycles. The Labute approximate surface area is 211 Å². The fraction of sp³-hybridized carbons (Fsp3) is 0.107. The highest BCUT2D eigenvalue weighted by Gasteiger charge is 2.38. The van der Waals surface area contributed by atoms with Gasteiger partial charge in [-0.25, -0.2) is 9.69 Å². The summed E-state index contributed by atoms with van der Waals surface area (Å²) >= 11 is 0. The fourth-order valence-electron chi connectivity index (χ4n) is 4.42. The van der Waals surface area contributed by atoms with Crippen molar-refractivity contribution in [1.29, 1.82) is 0 Å². The number of fused-ring (bicyclic) bond motifs is 1. The minimum atomic E-state index is -0.831. The number of benzene rings is 3. The van der Waals surface area contributed by atoms with Gasteiger partial charge >= 0.3 is 6.03 Å². The molecule has 0 aliphatic carbocycles. The van der Waals surface area contributed by atoms with E-state index in [0.29, 0.717) is 39.3 Å². The first-order chi connectivity index (χ1) is 17.8. The molecule has 9 nitrogen and oxygen atoms in total. The van der Waals surface area contributed by atoms with Crippen LogP contribution >= 0.6 is 0 Å². The van der Waals surface area contributed by atoms with Crippen LogP contribution in [-0.4, -0.2) is 41.7 Å². The monoisotopic (exact) mass is 495 g/mol. The molecule has 37 heavy (non-hydrogen) atoms. The van der Waals surface area contributed by atoms with Crippen molar-refractivity contribution in [3.8, 4) is 5.75 Å².